The minimum Gasteiger partial charge on any atom is -0.0776 e. The lowest BCUT2D eigenvalue weighted by molar-refractivity contribution is 0.186. The molecule has 2 saturated carbocycles. The van der Waals surface area contributed by atoms with Crippen LogP contribution in [0.1, 0.15) is 53.9 Å². The van der Waals surface area contributed by atoms with Crippen molar-refractivity contribution >= 4 is 0 Å². The van der Waals surface area contributed by atoms with E-state index in [2.05, 4.69) is 20.8 Å². The van der Waals surface area contributed by atoms with Crippen molar-refractivity contribution in [3.8, 4) is 0 Å². The summed E-state index contributed by atoms with van der Waals surface area (Å²) in [6, 6.07) is 0. The first-order chi connectivity index (χ1) is 5.68. The van der Waals surface area contributed by atoms with E-state index in [1.807, 2.05) is 0 Å². The molecule has 0 aliphatic heterocycles. The van der Waals surface area contributed by atoms with Crippen LogP contribution in [0.4, 0.5) is 0 Å². The Labute approximate surface area is 84.1 Å². The van der Waals surface area contributed by atoms with Crippen LogP contribution in [0.25, 0.3) is 0 Å². The topological polar surface area (TPSA) is 0 Å². The van der Waals surface area contributed by atoms with E-state index in [9.17, 15) is 0 Å². The molecule has 2 aliphatic carbocycles. The van der Waals surface area contributed by atoms with Crippen LogP contribution >= 0.6 is 0 Å². The molecule has 13 heavy (non-hydrogen) atoms. The van der Waals surface area contributed by atoms with Crippen molar-refractivity contribution in [1.82, 2.24) is 0 Å². The molecule has 0 bridgehead atoms. The van der Waals surface area contributed by atoms with Crippen molar-refractivity contribution in [2.75, 3.05) is 0 Å². The first-order valence-corrected chi connectivity index (χ1v) is 5.68. The zero-order chi connectivity index (χ0) is 8.72. The maximum atomic E-state index is 2.48. The van der Waals surface area contributed by atoms with Crippen LogP contribution in [0.15, 0.2) is 0 Å². The third-order valence-electron chi connectivity index (χ3n) is 4.56. The largest absolute Gasteiger partial charge is 0.0776 e. The quantitative estimate of drug-likeness (QED) is 0.522. The van der Waals surface area contributed by atoms with Crippen LogP contribution in [-0.2, 0) is 0 Å². The predicted molar refractivity (Wildman–Crippen MR) is 59.7 cm³/mol. The monoisotopic (exact) mass is 182 g/mol. The molecular formula is C13H26. The fourth-order valence-electron chi connectivity index (χ4n) is 3.54. The molecule has 5 atom stereocenters. The van der Waals surface area contributed by atoms with Gasteiger partial charge in [-0.3, -0.25) is 0 Å². The highest BCUT2D eigenvalue weighted by atomic mass is 14.5. The van der Waals surface area contributed by atoms with E-state index >= 15 is 0 Å². The second-order valence-corrected chi connectivity index (χ2v) is 5.41. The van der Waals surface area contributed by atoms with Gasteiger partial charge in [-0.1, -0.05) is 34.6 Å². The number of fused-ring (bicyclic) bond motifs is 1. The summed E-state index contributed by atoms with van der Waals surface area (Å²) in [6.07, 6.45) is 6.08. The second-order valence-electron chi connectivity index (χ2n) is 5.41. The highest BCUT2D eigenvalue weighted by molar-refractivity contribution is 4.90. The van der Waals surface area contributed by atoms with Gasteiger partial charge in [0.05, 0.1) is 0 Å². The summed E-state index contributed by atoms with van der Waals surface area (Å²) in [4.78, 5) is 0. The van der Waals surface area contributed by atoms with E-state index < -0.39 is 0 Å². The van der Waals surface area contributed by atoms with E-state index in [0.717, 1.165) is 29.6 Å². The molecule has 0 heterocycles. The van der Waals surface area contributed by atoms with Gasteiger partial charge in [0.1, 0.15) is 0 Å². The zero-order valence-electron chi connectivity index (χ0n) is 8.72. The summed E-state index contributed by atoms with van der Waals surface area (Å²) in [5.74, 6) is 5.22. The molecule has 2 rings (SSSR count). The van der Waals surface area contributed by atoms with E-state index in [1.54, 1.807) is 0 Å². The first kappa shape index (κ1) is 11.1. The van der Waals surface area contributed by atoms with Gasteiger partial charge in [0.15, 0.2) is 0 Å². The van der Waals surface area contributed by atoms with Crippen molar-refractivity contribution in [1.29, 1.82) is 0 Å². The molecule has 78 valence electrons. The van der Waals surface area contributed by atoms with Crippen LogP contribution in [0.3, 0.4) is 0 Å². The van der Waals surface area contributed by atoms with Gasteiger partial charge < -0.3 is 0 Å². The lowest BCUT2D eigenvalue weighted by Crippen LogP contribution is -2.22. The van der Waals surface area contributed by atoms with E-state index in [1.165, 1.54) is 25.7 Å². The summed E-state index contributed by atoms with van der Waals surface area (Å²) in [6.45, 7) is 7.37. The molecular weight excluding hydrogens is 156 g/mol. The van der Waals surface area contributed by atoms with Crippen molar-refractivity contribution < 1.29 is 0 Å². The molecule has 0 heteroatoms. The zero-order valence-corrected chi connectivity index (χ0v) is 8.72. The summed E-state index contributed by atoms with van der Waals surface area (Å²) in [5.41, 5.74) is 0. The maximum Gasteiger partial charge on any atom is -0.0355 e. The smallest absolute Gasteiger partial charge is 0.0355 e. The molecule has 0 N–H and O–H groups in total. The number of rotatable bonds is 0. The van der Waals surface area contributed by atoms with Crippen LogP contribution in [0.2, 0.25) is 0 Å². The van der Waals surface area contributed by atoms with Gasteiger partial charge in [-0.05, 0) is 48.9 Å². The molecule has 2 aliphatic rings. The van der Waals surface area contributed by atoms with Gasteiger partial charge in [-0.25, -0.2) is 0 Å². The highest BCUT2D eigenvalue weighted by Crippen LogP contribution is 2.49. The van der Waals surface area contributed by atoms with Crippen LogP contribution in [-0.4, -0.2) is 0 Å². The third kappa shape index (κ3) is 1.92. The molecule has 2 fully saturated rings. The Morgan fingerprint density at radius 3 is 2.31 bits per heavy atom. The van der Waals surface area contributed by atoms with Crippen LogP contribution < -0.4 is 0 Å². The summed E-state index contributed by atoms with van der Waals surface area (Å²) in [7, 11) is 0. The van der Waals surface area contributed by atoms with Crippen LogP contribution in [0.5, 0.6) is 0 Å². The molecule has 0 radical (unpaired) electrons. The average Bonchev–Trinajstić information content (AvgIpc) is 2.31. The highest BCUT2D eigenvalue weighted by Gasteiger charge is 2.40. The average molecular weight is 182 g/mol. The fourth-order valence-corrected chi connectivity index (χ4v) is 3.54. The Balaban J connectivity index is 0.000000845. The molecule has 0 spiro atoms. The molecule has 0 aromatic rings. The van der Waals surface area contributed by atoms with Gasteiger partial charge in [0.2, 0.25) is 0 Å². The predicted octanol–water partition coefficient (Wildman–Crippen LogP) is 4.35. The van der Waals surface area contributed by atoms with Crippen molar-refractivity contribution in [3.63, 3.8) is 0 Å². The minimum absolute atomic E-state index is 0. The van der Waals surface area contributed by atoms with Gasteiger partial charge in [0.25, 0.3) is 0 Å². The molecule has 0 amide bonds. The standard InChI is InChI=1S/C12H22.CH4/c1-8-4-5-11-7-9(2)10(3)12(11)6-8;/h8-12H,4-7H2,1-3H3;1H4. The Bertz CT molecular complexity index is 161. The first-order valence-electron chi connectivity index (χ1n) is 5.68. The van der Waals surface area contributed by atoms with Gasteiger partial charge in [-0.2, -0.15) is 0 Å². The lowest BCUT2D eigenvalue weighted by atomic mass is 9.74. The molecule has 5 unspecified atom stereocenters. The Kier molecular flexibility index (Phi) is 3.43. The Hall–Kier alpha value is 0. The number of hydrogen-bond donors (Lipinski definition) is 0. The molecule has 0 aromatic carbocycles. The Morgan fingerprint density at radius 1 is 0.923 bits per heavy atom. The summed E-state index contributed by atoms with van der Waals surface area (Å²) >= 11 is 0. The van der Waals surface area contributed by atoms with Gasteiger partial charge in [0, 0.05) is 0 Å². The number of hydrogen-bond acceptors (Lipinski definition) is 0. The molecule has 0 nitrogen and oxygen atoms in total. The summed E-state index contributed by atoms with van der Waals surface area (Å²) in [5, 5.41) is 0. The second kappa shape index (κ2) is 4.02. The van der Waals surface area contributed by atoms with Crippen molar-refractivity contribution in [3.05, 3.63) is 0 Å². The minimum atomic E-state index is 0. The third-order valence-corrected chi connectivity index (χ3v) is 4.56. The van der Waals surface area contributed by atoms with Crippen LogP contribution in [0, 0.1) is 29.6 Å². The van der Waals surface area contributed by atoms with E-state index in [0.29, 0.717) is 0 Å². The maximum absolute atomic E-state index is 2.48. The SMILES string of the molecule is C.CC1CCC2CC(C)C(C)C2C1. The lowest BCUT2D eigenvalue weighted by Gasteiger charge is -2.32. The normalized spacial score (nSPS) is 49.6. The van der Waals surface area contributed by atoms with Crippen molar-refractivity contribution in [2.45, 2.75) is 53.9 Å². The van der Waals surface area contributed by atoms with Gasteiger partial charge >= 0.3 is 0 Å². The van der Waals surface area contributed by atoms with Gasteiger partial charge in [-0.15, -0.1) is 0 Å². The Morgan fingerprint density at radius 2 is 1.62 bits per heavy atom. The van der Waals surface area contributed by atoms with Crippen molar-refractivity contribution in [2.24, 2.45) is 29.6 Å². The summed E-state index contributed by atoms with van der Waals surface area (Å²) < 4.78 is 0. The van der Waals surface area contributed by atoms with E-state index in [4.69, 9.17) is 0 Å². The van der Waals surface area contributed by atoms with E-state index in [-0.39, 0.29) is 7.43 Å². The fraction of sp³-hybridized carbons (Fsp3) is 1.00. The molecule has 0 saturated heterocycles. The molecule has 0 aromatic heterocycles.